The van der Waals surface area contributed by atoms with E-state index in [0.717, 1.165) is 0 Å². The number of alkyl halides is 2. The van der Waals surface area contributed by atoms with Gasteiger partial charge in [0.15, 0.2) is 6.61 Å². The lowest BCUT2D eigenvalue weighted by molar-refractivity contribution is -0.123. The lowest BCUT2D eigenvalue weighted by atomic mass is 10.1. The summed E-state index contributed by atoms with van der Waals surface area (Å²) < 4.78 is 29.1. The summed E-state index contributed by atoms with van der Waals surface area (Å²) >= 11 is 0. The number of carbonyl (C=O) groups is 1. The first-order valence-corrected chi connectivity index (χ1v) is 6.30. The van der Waals surface area contributed by atoms with Crippen LogP contribution in [0.2, 0.25) is 0 Å². The van der Waals surface area contributed by atoms with Crippen LogP contribution < -0.4 is 15.8 Å². The number of hydrogen-bond donors (Lipinski definition) is 2. The molecular weight excluding hydrogens is 268 g/mol. The van der Waals surface area contributed by atoms with E-state index in [1.54, 1.807) is 12.1 Å². The molecule has 0 fully saturated rings. The quantitative estimate of drug-likeness (QED) is 0.793. The van der Waals surface area contributed by atoms with E-state index in [4.69, 9.17) is 10.5 Å². The normalized spacial score (nSPS) is 12.6. The number of aromatic nitrogens is 1. The van der Waals surface area contributed by atoms with Crippen LogP contribution in [0.3, 0.4) is 0 Å². The van der Waals surface area contributed by atoms with Gasteiger partial charge in [0.25, 0.3) is 6.43 Å². The van der Waals surface area contributed by atoms with Crippen molar-refractivity contribution in [1.29, 1.82) is 0 Å². The minimum absolute atomic E-state index is 0.0125. The fourth-order valence-corrected chi connectivity index (χ4v) is 1.43. The standard InChI is InChI=1S/C13H19F2N3O2/c1-8(2)11(16)12(19)18-6-9-4-3-5-17-13(9)20-7-10(14)15/h3-5,8,10-11H,6-7,16H2,1-2H3,(H,18,19)/t11-/m0/s1. The number of halogens is 2. The number of nitrogens with two attached hydrogens (primary N) is 1. The van der Waals surface area contributed by atoms with E-state index < -0.39 is 19.1 Å². The maximum absolute atomic E-state index is 12.1. The molecule has 5 nitrogen and oxygen atoms in total. The van der Waals surface area contributed by atoms with Gasteiger partial charge in [0.1, 0.15) is 0 Å². The van der Waals surface area contributed by atoms with E-state index in [9.17, 15) is 13.6 Å². The first-order valence-electron chi connectivity index (χ1n) is 6.30. The lowest BCUT2D eigenvalue weighted by Crippen LogP contribution is -2.43. The number of ether oxygens (including phenoxy) is 1. The number of rotatable bonds is 7. The molecule has 20 heavy (non-hydrogen) atoms. The Morgan fingerprint density at radius 2 is 2.20 bits per heavy atom. The molecule has 1 aromatic rings. The Morgan fingerprint density at radius 1 is 1.50 bits per heavy atom. The van der Waals surface area contributed by atoms with Gasteiger partial charge in [-0.1, -0.05) is 19.9 Å². The fraction of sp³-hybridized carbons (Fsp3) is 0.538. The molecule has 1 atom stereocenters. The Kier molecular flexibility index (Phi) is 6.30. The molecule has 1 rings (SSSR count). The minimum Gasteiger partial charge on any atom is -0.471 e. The molecule has 0 radical (unpaired) electrons. The molecule has 0 spiro atoms. The predicted molar refractivity (Wildman–Crippen MR) is 70.4 cm³/mol. The second kappa shape index (κ2) is 7.74. The fourth-order valence-electron chi connectivity index (χ4n) is 1.43. The summed E-state index contributed by atoms with van der Waals surface area (Å²) in [6.07, 6.45) is -1.14. The Morgan fingerprint density at radius 3 is 2.80 bits per heavy atom. The highest BCUT2D eigenvalue weighted by Crippen LogP contribution is 2.15. The van der Waals surface area contributed by atoms with Gasteiger partial charge in [0.2, 0.25) is 11.8 Å². The maximum atomic E-state index is 12.1. The summed E-state index contributed by atoms with van der Waals surface area (Å²) in [6, 6.07) is 2.67. The SMILES string of the molecule is CC(C)[C@H](N)C(=O)NCc1cccnc1OCC(F)F. The molecule has 0 saturated heterocycles. The van der Waals surface area contributed by atoms with Crippen LogP contribution in [0.4, 0.5) is 8.78 Å². The summed E-state index contributed by atoms with van der Waals surface area (Å²) in [4.78, 5) is 15.6. The van der Waals surface area contributed by atoms with Gasteiger partial charge in [-0.15, -0.1) is 0 Å². The highest BCUT2D eigenvalue weighted by molar-refractivity contribution is 5.81. The highest BCUT2D eigenvalue weighted by Gasteiger charge is 2.17. The van der Waals surface area contributed by atoms with Gasteiger partial charge in [-0.05, 0) is 12.0 Å². The van der Waals surface area contributed by atoms with Crippen LogP contribution in [0.5, 0.6) is 5.88 Å². The van der Waals surface area contributed by atoms with Gasteiger partial charge in [-0.3, -0.25) is 4.79 Å². The Balaban J connectivity index is 2.61. The van der Waals surface area contributed by atoms with Gasteiger partial charge >= 0.3 is 0 Å². The second-order valence-corrected chi connectivity index (χ2v) is 4.66. The molecule has 0 unspecified atom stereocenters. The molecule has 0 aromatic carbocycles. The average molecular weight is 287 g/mol. The van der Waals surface area contributed by atoms with Crippen molar-refractivity contribution in [1.82, 2.24) is 10.3 Å². The smallest absolute Gasteiger partial charge is 0.272 e. The average Bonchev–Trinajstić information content (AvgIpc) is 2.42. The molecule has 3 N–H and O–H groups in total. The number of carbonyl (C=O) groups excluding carboxylic acids is 1. The molecule has 0 aliphatic rings. The van der Waals surface area contributed by atoms with E-state index in [0.29, 0.717) is 5.56 Å². The van der Waals surface area contributed by atoms with Crippen LogP contribution in [0.25, 0.3) is 0 Å². The third-order valence-electron chi connectivity index (χ3n) is 2.67. The van der Waals surface area contributed by atoms with Crippen molar-refractivity contribution in [2.75, 3.05) is 6.61 Å². The van der Waals surface area contributed by atoms with Crippen LogP contribution in [-0.2, 0) is 11.3 Å². The maximum Gasteiger partial charge on any atom is 0.272 e. The third kappa shape index (κ3) is 5.08. The van der Waals surface area contributed by atoms with Crippen LogP contribution >= 0.6 is 0 Å². The number of pyridine rings is 1. The zero-order valence-electron chi connectivity index (χ0n) is 11.5. The topological polar surface area (TPSA) is 77.2 Å². The molecule has 7 heteroatoms. The molecule has 0 aliphatic heterocycles. The van der Waals surface area contributed by atoms with Gasteiger partial charge in [-0.2, -0.15) is 0 Å². The van der Waals surface area contributed by atoms with Gasteiger partial charge in [0.05, 0.1) is 6.04 Å². The zero-order valence-corrected chi connectivity index (χ0v) is 11.5. The van der Waals surface area contributed by atoms with E-state index in [1.807, 2.05) is 13.8 Å². The van der Waals surface area contributed by atoms with Crippen molar-refractivity contribution < 1.29 is 18.3 Å². The lowest BCUT2D eigenvalue weighted by Gasteiger charge is -2.16. The molecule has 0 bridgehead atoms. The minimum atomic E-state index is -2.58. The molecule has 1 amide bonds. The second-order valence-electron chi connectivity index (χ2n) is 4.66. The van der Waals surface area contributed by atoms with Crippen LogP contribution in [0.1, 0.15) is 19.4 Å². The molecule has 1 aromatic heterocycles. The predicted octanol–water partition coefficient (Wildman–Crippen LogP) is 1.32. The van der Waals surface area contributed by atoms with E-state index in [2.05, 4.69) is 10.3 Å². The van der Waals surface area contributed by atoms with E-state index in [-0.39, 0.29) is 24.2 Å². The molecule has 0 aliphatic carbocycles. The van der Waals surface area contributed by atoms with Crippen molar-refractivity contribution in [2.24, 2.45) is 11.7 Å². The van der Waals surface area contributed by atoms with Gasteiger partial charge in [-0.25, -0.2) is 13.8 Å². The van der Waals surface area contributed by atoms with Crippen LogP contribution in [0, 0.1) is 5.92 Å². The molecule has 1 heterocycles. The number of hydrogen-bond acceptors (Lipinski definition) is 4. The summed E-state index contributed by atoms with van der Waals surface area (Å²) in [6.45, 7) is 3.08. The Hall–Kier alpha value is -1.76. The number of nitrogens with one attached hydrogen (secondary N) is 1. The monoisotopic (exact) mass is 287 g/mol. The van der Waals surface area contributed by atoms with Crippen molar-refractivity contribution in [3.05, 3.63) is 23.9 Å². The summed E-state index contributed by atoms with van der Waals surface area (Å²) in [5.41, 5.74) is 6.23. The van der Waals surface area contributed by atoms with Gasteiger partial charge < -0.3 is 15.8 Å². The first kappa shape index (κ1) is 16.3. The molecule has 112 valence electrons. The Bertz CT molecular complexity index is 441. The largest absolute Gasteiger partial charge is 0.471 e. The number of nitrogens with zero attached hydrogens (tertiary/aromatic N) is 1. The first-order chi connectivity index (χ1) is 9.41. The van der Waals surface area contributed by atoms with E-state index in [1.165, 1.54) is 6.20 Å². The third-order valence-corrected chi connectivity index (χ3v) is 2.67. The van der Waals surface area contributed by atoms with Crippen molar-refractivity contribution >= 4 is 5.91 Å². The summed E-state index contributed by atoms with van der Waals surface area (Å²) in [7, 11) is 0. The van der Waals surface area contributed by atoms with Crippen molar-refractivity contribution in [2.45, 2.75) is 32.9 Å². The highest BCUT2D eigenvalue weighted by atomic mass is 19.3. The van der Waals surface area contributed by atoms with Gasteiger partial charge in [0, 0.05) is 18.3 Å². The Labute approximate surface area is 116 Å². The van der Waals surface area contributed by atoms with Crippen molar-refractivity contribution in [3.63, 3.8) is 0 Å². The summed E-state index contributed by atoms with van der Waals surface area (Å²) in [5.74, 6) is -0.201. The van der Waals surface area contributed by atoms with E-state index >= 15 is 0 Å². The summed E-state index contributed by atoms with van der Waals surface area (Å²) in [5, 5.41) is 2.64. The zero-order chi connectivity index (χ0) is 15.1. The van der Waals surface area contributed by atoms with Crippen LogP contribution in [-0.4, -0.2) is 30.0 Å². The molecular formula is C13H19F2N3O2. The van der Waals surface area contributed by atoms with Crippen LogP contribution in [0.15, 0.2) is 18.3 Å². The molecule has 0 saturated carbocycles. The van der Waals surface area contributed by atoms with Crippen molar-refractivity contribution in [3.8, 4) is 5.88 Å². The number of amides is 1.